The number of alkyl halides is 3. The van der Waals surface area contributed by atoms with Gasteiger partial charge in [0, 0.05) is 24.5 Å². The number of hydrogen-bond acceptors (Lipinski definition) is 3. The maximum absolute atomic E-state index is 14.4. The second-order valence-corrected chi connectivity index (χ2v) is 6.94. The van der Waals surface area contributed by atoms with Crippen LogP contribution in [0.4, 0.5) is 17.6 Å². The predicted molar refractivity (Wildman–Crippen MR) is 106 cm³/mol. The Hall–Kier alpha value is -3.62. The molecule has 1 heterocycles. The van der Waals surface area contributed by atoms with E-state index in [2.05, 4.69) is 16.3 Å². The molecule has 31 heavy (non-hydrogen) atoms. The third-order valence-corrected chi connectivity index (χ3v) is 4.40. The van der Waals surface area contributed by atoms with Crippen molar-refractivity contribution in [2.24, 2.45) is 7.05 Å². The zero-order chi connectivity index (χ0) is 22.8. The number of aromatic nitrogens is 2. The number of carbonyl (C=O) groups excluding carboxylic acids is 1. The monoisotopic (exact) mass is 433 g/mol. The van der Waals surface area contributed by atoms with Crippen LogP contribution in [0, 0.1) is 5.82 Å². The van der Waals surface area contributed by atoms with Gasteiger partial charge in [-0.05, 0) is 42.3 Å². The summed E-state index contributed by atoms with van der Waals surface area (Å²) in [5.74, 6) is -1.30. The van der Waals surface area contributed by atoms with Crippen molar-refractivity contribution in [3.63, 3.8) is 0 Å². The Bertz CT molecular complexity index is 1100. The maximum Gasteiger partial charge on any atom is 0.573 e. The quantitative estimate of drug-likeness (QED) is 0.496. The molecule has 0 aliphatic rings. The van der Waals surface area contributed by atoms with Gasteiger partial charge in [0.2, 0.25) is 0 Å². The third-order valence-electron chi connectivity index (χ3n) is 4.40. The molecule has 0 atom stereocenters. The molecule has 0 aliphatic heterocycles. The number of hydrogen-bond donors (Lipinski definition) is 0. The van der Waals surface area contributed by atoms with Crippen molar-refractivity contribution in [2.45, 2.75) is 19.8 Å². The van der Waals surface area contributed by atoms with E-state index in [0.29, 0.717) is 16.8 Å². The Morgan fingerprint density at radius 1 is 1.19 bits per heavy atom. The lowest BCUT2D eigenvalue weighted by Gasteiger charge is -2.22. The Labute approximate surface area is 176 Å². The van der Waals surface area contributed by atoms with Crippen LogP contribution in [0.3, 0.4) is 0 Å². The topological polar surface area (TPSA) is 47.4 Å². The molecule has 0 fully saturated rings. The highest BCUT2D eigenvalue weighted by Crippen LogP contribution is 2.29. The summed E-state index contributed by atoms with van der Waals surface area (Å²) in [7, 11) is 1.74. The van der Waals surface area contributed by atoms with Gasteiger partial charge in [0.1, 0.15) is 17.3 Å². The molecule has 0 aliphatic carbocycles. The highest BCUT2D eigenvalue weighted by Gasteiger charge is 2.31. The number of rotatable bonds is 6. The number of amides is 1. The molecule has 1 amide bonds. The number of imidazole rings is 1. The first-order valence-corrected chi connectivity index (χ1v) is 9.13. The highest BCUT2D eigenvalue weighted by atomic mass is 19.4. The summed E-state index contributed by atoms with van der Waals surface area (Å²) >= 11 is 0. The molecular formula is C22H19F4N3O2. The smallest absolute Gasteiger partial charge is 0.406 e. The Balaban J connectivity index is 1.86. The molecule has 162 valence electrons. The lowest BCUT2D eigenvalue weighted by atomic mass is 10.0. The van der Waals surface area contributed by atoms with Gasteiger partial charge in [0.15, 0.2) is 0 Å². The first-order chi connectivity index (χ1) is 14.5. The predicted octanol–water partition coefficient (Wildman–Crippen LogP) is 5.30. The minimum Gasteiger partial charge on any atom is -0.406 e. The minimum absolute atomic E-state index is 0.118. The number of ether oxygens (including phenoxy) is 1. The Morgan fingerprint density at radius 3 is 2.42 bits per heavy atom. The van der Waals surface area contributed by atoms with E-state index in [1.165, 1.54) is 41.6 Å². The van der Waals surface area contributed by atoms with Crippen LogP contribution in [-0.4, -0.2) is 26.7 Å². The molecule has 3 aromatic rings. The highest BCUT2D eigenvalue weighted by molar-refractivity contribution is 5.93. The fraction of sp³-hybridized carbons (Fsp3) is 0.182. The average molecular weight is 433 g/mol. The summed E-state index contributed by atoms with van der Waals surface area (Å²) in [6, 6.07) is 9.20. The van der Waals surface area contributed by atoms with Crippen LogP contribution in [0.15, 0.2) is 67.3 Å². The van der Waals surface area contributed by atoms with E-state index in [0.717, 1.165) is 12.1 Å². The summed E-state index contributed by atoms with van der Waals surface area (Å²) < 4.78 is 56.9. The lowest BCUT2D eigenvalue weighted by Crippen LogP contribution is -2.28. The van der Waals surface area contributed by atoms with Gasteiger partial charge >= 0.3 is 6.36 Å². The molecule has 0 N–H and O–H groups in total. The van der Waals surface area contributed by atoms with Gasteiger partial charge in [-0.1, -0.05) is 24.8 Å². The summed E-state index contributed by atoms with van der Waals surface area (Å²) in [5.41, 5.74) is 1.89. The summed E-state index contributed by atoms with van der Waals surface area (Å²) in [6.45, 7) is 5.62. The van der Waals surface area contributed by atoms with E-state index in [1.807, 2.05) is 0 Å². The normalized spacial score (nSPS) is 11.3. The number of allylic oxidation sites excluding steroid dienone is 1. The lowest BCUT2D eigenvalue weighted by molar-refractivity contribution is -0.274. The zero-order valence-electron chi connectivity index (χ0n) is 16.8. The van der Waals surface area contributed by atoms with Gasteiger partial charge in [0.05, 0.1) is 12.9 Å². The second-order valence-electron chi connectivity index (χ2n) is 6.94. The summed E-state index contributed by atoms with van der Waals surface area (Å²) in [6.07, 6.45) is -1.72. The van der Waals surface area contributed by atoms with Gasteiger partial charge in [-0.3, -0.25) is 4.79 Å². The van der Waals surface area contributed by atoms with Crippen LogP contribution in [0.5, 0.6) is 5.75 Å². The van der Waals surface area contributed by atoms with Crippen LogP contribution in [0.2, 0.25) is 0 Å². The van der Waals surface area contributed by atoms with Crippen LogP contribution >= 0.6 is 0 Å². The zero-order valence-corrected chi connectivity index (χ0v) is 16.8. The number of aryl methyl sites for hydroxylation is 1. The number of nitrogens with zero attached hydrogens (tertiary/aromatic N) is 3. The number of benzene rings is 2. The van der Waals surface area contributed by atoms with Crippen molar-refractivity contribution >= 4 is 5.91 Å². The maximum atomic E-state index is 14.4. The molecular weight excluding hydrogens is 414 g/mol. The molecule has 0 spiro atoms. The van der Waals surface area contributed by atoms with E-state index in [1.54, 1.807) is 24.7 Å². The molecule has 0 saturated heterocycles. The molecule has 0 saturated carbocycles. The van der Waals surface area contributed by atoms with Gasteiger partial charge < -0.3 is 14.2 Å². The summed E-state index contributed by atoms with van der Waals surface area (Å²) in [4.78, 5) is 18.3. The standard InChI is InChI=1S/C22H19F4N3O2/c1-14(2)29(21(30)20-12-28(3)13-27-20)11-15-4-9-19(23)18(10-15)16-5-7-17(8-6-16)31-22(24,25)26/h4-10,12-13H,1,11H2,2-3H3. The van der Waals surface area contributed by atoms with Crippen LogP contribution in [0.25, 0.3) is 11.1 Å². The molecule has 5 nitrogen and oxygen atoms in total. The van der Waals surface area contributed by atoms with Crippen molar-refractivity contribution in [1.82, 2.24) is 14.5 Å². The van der Waals surface area contributed by atoms with E-state index in [-0.39, 0.29) is 23.7 Å². The summed E-state index contributed by atoms with van der Waals surface area (Å²) in [5, 5.41) is 0. The number of carbonyl (C=O) groups is 1. The molecule has 9 heteroatoms. The van der Waals surface area contributed by atoms with Crippen LogP contribution in [0.1, 0.15) is 23.0 Å². The molecule has 0 radical (unpaired) electrons. The van der Waals surface area contributed by atoms with Crippen molar-refractivity contribution in [2.75, 3.05) is 0 Å². The van der Waals surface area contributed by atoms with Crippen molar-refractivity contribution in [3.8, 4) is 16.9 Å². The van der Waals surface area contributed by atoms with Gasteiger partial charge in [-0.2, -0.15) is 0 Å². The van der Waals surface area contributed by atoms with Crippen LogP contribution in [-0.2, 0) is 13.6 Å². The van der Waals surface area contributed by atoms with E-state index >= 15 is 0 Å². The first-order valence-electron chi connectivity index (χ1n) is 9.13. The van der Waals surface area contributed by atoms with E-state index in [4.69, 9.17) is 0 Å². The molecule has 2 aromatic carbocycles. The van der Waals surface area contributed by atoms with Crippen molar-refractivity contribution in [3.05, 3.63) is 84.3 Å². The van der Waals surface area contributed by atoms with Crippen molar-refractivity contribution in [1.29, 1.82) is 0 Å². The van der Waals surface area contributed by atoms with Crippen LogP contribution < -0.4 is 4.74 Å². The molecule has 0 bridgehead atoms. The Kier molecular flexibility index (Phi) is 6.14. The fourth-order valence-corrected chi connectivity index (χ4v) is 2.95. The minimum atomic E-state index is -4.81. The SMILES string of the molecule is C=C(C)N(Cc1ccc(F)c(-c2ccc(OC(F)(F)F)cc2)c1)C(=O)c1cn(C)cn1. The first kappa shape index (κ1) is 22.1. The Morgan fingerprint density at radius 2 is 1.87 bits per heavy atom. The average Bonchev–Trinajstić information content (AvgIpc) is 3.12. The largest absolute Gasteiger partial charge is 0.573 e. The van der Waals surface area contributed by atoms with E-state index in [9.17, 15) is 22.4 Å². The van der Waals surface area contributed by atoms with Gasteiger partial charge in [0.25, 0.3) is 5.91 Å². The second kappa shape index (κ2) is 8.63. The van der Waals surface area contributed by atoms with E-state index < -0.39 is 17.9 Å². The van der Waals surface area contributed by atoms with Gasteiger partial charge in [-0.25, -0.2) is 9.37 Å². The number of halogens is 4. The van der Waals surface area contributed by atoms with Gasteiger partial charge in [-0.15, -0.1) is 13.2 Å². The molecule has 0 unspecified atom stereocenters. The molecule has 1 aromatic heterocycles. The van der Waals surface area contributed by atoms with Crippen molar-refractivity contribution < 1.29 is 27.1 Å². The fourth-order valence-electron chi connectivity index (χ4n) is 2.95. The molecule has 3 rings (SSSR count). The third kappa shape index (κ3) is 5.50.